The summed E-state index contributed by atoms with van der Waals surface area (Å²) < 4.78 is 51.5. The topological polar surface area (TPSA) is 87.7 Å². The fraction of sp³-hybridized carbons (Fsp3) is 0.176. The smallest absolute Gasteiger partial charge is 0.194 e. The minimum absolute atomic E-state index is 0.113. The van der Waals surface area contributed by atoms with Crippen molar-refractivity contribution >= 4 is 43.2 Å². The lowest BCUT2D eigenvalue weighted by Gasteiger charge is -2.18. The molecule has 0 saturated carbocycles. The number of benzene rings is 1. The summed E-state index contributed by atoms with van der Waals surface area (Å²) in [6.07, 6.45) is 2.32. The molecule has 2 N–H and O–H groups in total. The average molecular weight is 492 g/mol. The molecule has 6 nitrogen and oxygen atoms in total. The zero-order chi connectivity index (χ0) is 20.6. The molecule has 2 aromatic heterocycles. The van der Waals surface area contributed by atoms with Crippen LogP contribution in [0.4, 0.5) is 14.6 Å². The van der Waals surface area contributed by atoms with Gasteiger partial charge in [0.25, 0.3) is 0 Å². The highest BCUT2D eigenvalue weighted by atomic mass is 79.9. The number of sulfone groups is 1. The van der Waals surface area contributed by atoms with Crippen molar-refractivity contribution in [1.29, 1.82) is 0 Å². The van der Waals surface area contributed by atoms with Crippen LogP contribution in [0, 0.1) is 18.6 Å². The van der Waals surface area contributed by atoms with Gasteiger partial charge in [0.2, 0.25) is 0 Å². The molecule has 0 fully saturated rings. The van der Waals surface area contributed by atoms with E-state index in [1.54, 1.807) is 6.92 Å². The zero-order valence-corrected chi connectivity index (χ0v) is 17.8. The van der Waals surface area contributed by atoms with Crippen LogP contribution in [0.2, 0.25) is 5.02 Å². The van der Waals surface area contributed by atoms with Crippen LogP contribution in [0.3, 0.4) is 0 Å². The Balaban J connectivity index is 2.11. The standard InChI is InChI=1S/C17H14BrClF2N4O2S/c1-8-17(28(2,26)27)25-16(23-8)15(9-3-4-12(20)11(19)5-9)24-14-6-13(21)10(18)7-22-14/h3-7,15H,1-2H3,(H,22,24)(H,23,25). The summed E-state index contributed by atoms with van der Waals surface area (Å²) in [5.74, 6) is -0.753. The van der Waals surface area contributed by atoms with Crippen molar-refractivity contribution in [2.24, 2.45) is 0 Å². The number of aryl methyl sites for hydroxylation is 1. The number of halogens is 4. The third-order valence-corrected chi connectivity index (χ3v) is 5.83. The van der Waals surface area contributed by atoms with E-state index >= 15 is 0 Å². The summed E-state index contributed by atoms with van der Waals surface area (Å²) in [6.45, 7) is 1.57. The van der Waals surface area contributed by atoms with E-state index in [1.807, 2.05) is 0 Å². The predicted octanol–water partition coefficient (Wildman–Crippen LogP) is 4.41. The van der Waals surface area contributed by atoms with Crippen molar-refractivity contribution in [2.45, 2.75) is 18.0 Å². The Kier molecular flexibility index (Phi) is 5.74. The largest absolute Gasteiger partial charge is 0.356 e. The van der Waals surface area contributed by atoms with E-state index in [1.165, 1.54) is 24.4 Å². The molecule has 0 amide bonds. The highest BCUT2D eigenvalue weighted by Gasteiger charge is 2.24. The number of aromatic nitrogens is 3. The Labute approximate surface area is 173 Å². The summed E-state index contributed by atoms with van der Waals surface area (Å²) in [6, 6.07) is 4.39. The van der Waals surface area contributed by atoms with Crippen molar-refractivity contribution < 1.29 is 17.2 Å². The Bertz CT molecular complexity index is 1150. The van der Waals surface area contributed by atoms with Gasteiger partial charge in [0, 0.05) is 18.5 Å². The van der Waals surface area contributed by atoms with Crippen LogP contribution in [-0.2, 0) is 9.84 Å². The van der Waals surface area contributed by atoms with Crippen LogP contribution in [0.1, 0.15) is 23.1 Å². The van der Waals surface area contributed by atoms with Crippen molar-refractivity contribution in [2.75, 3.05) is 11.6 Å². The van der Waals surface area contributed by atoms with Crippen LogP contribution < -0.4 is 5.32 Å². The highest BCUT2D eigenvalue weighted by Crippen LogP contribution is 2.29. The van der Waals surface area contributed by atoms with Gasteiger partial charge in [0.1, 0.15) is 29.3 Å². The second-order valence-corrected chi connectivity index (χ2v) is 9.25. The van der Waals surface area contributed by atoms with Gasteiger partial charge in [0.05, 0.1) is 15.2 Å². The molecule has 0 saturated heterocycles. The van der Waals surface area contributed by atoms with Crippen LogP contribution >= 0.6 is 27.5 Å². The summed E-state index contributed by atoms with van der Waals surface area (Å²) in [4.78, 5) is 11.2. The fourth-order valence-corrected chi connectivity index (χ4v) is 3.88. The van der Waals surface area contributed by atoms with E-state index in [9.17, 15) is 17.2 Å². The Morgan fingerprint density at radius 1 is 1.25 bits per heavy atom. The normalized spacial score (nSPS) is 12.8. The van der Waals surface area contributed by atoms with Gasteiger partial charge in [-0.05, 0) is 40.5 Å². The van der Waals surface area contributed by atoms with Gasteiger partial charge in [-0.25, -0.2) is 27.2 Å². The number of H-pyrrole nitrogens is 1. The van der Waals surface area contributed by atoms with Crippen LogP contribution in [0.15, 0.2) is 40.0 Å². The molecule has 3 rings (SSSR count). The molecule has 2 heterocycles. The Morgan fingerprint density at radius 3 is 2.54 bits per heavy atom. The van der Waals surface area contributed by atoms with Gasteiger partial charge in [-0.15, -0.1) is 0 Å². The van der Waals surface area contributed by atoms with Crippen molar-refractivity contribution in [3.8, 4) is 0 Å². The van der Waals surface area contributed by atoms with Gasteiger partial charge in [-0.1, -0.05) is 17.7 Å². The van der Waals surface area contributed by atoms with Crippen LogP contribution in [0.25, 0.3) is 0 Å². The summed E-state index contributed by atoms with van der Waals surface area (Å²) >= 11 is 8.92. The number of imidazole rings is 1. The molecule has 1 aromatic carbocycles. The van der Waals surface area contributed by atoms with Crippen LogP contribution in [0.5, 0.6) is 0 Å². The van der Waals surface area contributed by atoms with E-state index in [0.717, 1.165) is 12.3 Å². The molecule has 0 bridgehead atoms. The lowest BCUT2D eigenvalue weighted by molar-refractivity contribution is 0.597. The fourth-order valence-electron chi connectivity index (χ4n) is 2.61. The molecule has 0 aliphatic rings. The van der Waals surface area contributed by atoms with E-state index in [-0.39, 0.29) is 26.2 Å². The first-order chi connectivity index (χ1) is 13.1. The van der Waals surface area contributed by atoms with Gasteiger partial charge in [-0.2, -0.15) is 0 Å². The number of aromatic amines is 1. The van der Waals surface area contributed by atoms with E-state index in [2.05, 4.69) is 36.2 Å². The molecule has 11 heteroatoms. The lowest BCUT2D eigenvalue weighted by atomic mass is 10.1. The first-order valence-corrected chi connectivity index (χ1v) is 10.9. The third kappa shape index (κ3) is 4.34. The molecule has 1 unspecified atom stereocenters. The average Bonchev–Trinajstić information content (AvgIpc) is 3.00. The molecule has 0 aliphatic heterocycles. The number of hydrogen-bond acceptors (Lipinski definition) is 5. The number of anilines is 1. The molecule has 3 aromatic rings. The minimum atomic E-state index is -3.57. The van der Waals surface area contributed by atoms with Gasteiger partial charge < -0.3 is 10.3 Å². The monoisotopic (exact) mass is 490 g/mol. The second-order valence-electron chi connectivity index (χ2n) is 6.06. The molecule has 0 radical (unpaired) electrons. The maximum atomic E-state index is 13.9. The van der Waals surface area contributed by atoms with Crippen molar-refractivity contribution in [3.63, 3.8) is 0 Å². The van der Waals surface area contributed by atoms with E-state index in [0.29, 0.717) is 11.3 Å². The molecule has 0 spiro atoms. The maximum Gasteiger partial charge on any atom is 0.194 e. The zero-order valence-electron chi connectivity index (χ0n) is 14.6. The summed E-state index contributed by atoms with van der Waals surface area (Å²) in [5, 5.41) is 2.74. The third-order valence-electron chi connectivity index (χ3n) is 3.86. The summed E-state index contributed by atoms with van der Waals surface area (Å²) in [7, 11) is -3.57. The van der Waals surface area contributed by atoms with Crippen LogP contribution in [-0.4, -0.2) is 29.6 Å². The number of rotatable bonds is 5. The lowest BCUT2D eigenvalue weighted by Crippen LogP contribution is -2.15. The molecule has 0 aliphatic carbocycles. The summed E-state index contributed by atoms with van der Waals surface area (Å²) in [5.41, 5.74) is 0.817. The maximum absolute atomic E-state index is 13.9. The van der Waals surface area contributed by atoms with E-state index in [4.69, 9.17) is 11.6 Å². The molecular weight excluding hydrogens is 478 g/mol. The van der Waals surface area contributed by atoms with Gasteiger partial charge >= 0.3 is 0 Å². The number of hydrogen-bond donors (Lipinski definition) is 2. The molecular formula is C17H14BrClF2N4O2S. The SMILES string of the molecule is Cc1[nH]c(C(Nc2cc(F)c(Br)cn2)c2ccc(F)c(Cl)c2)nc1S(C)(=O)=O. The number of nitrogens with one attached hydrogen (secondary N) is 2. The number of pyridine rings is 1. The predicted molar refractivity (Wildman–Crippen MR) is 105 cm³/mol. The van der Waals surface area contributed by atoms with Crippen molar-refractivity contribution in [1.82, 2.24) is 15.0 Å². The van der Waals surface area contributed by atoms with E-state index < -0.39 is 27.5 Å². The Morgan fingerprint density at radius 2 is 1.96 bits per heavy atom. The number of nitrogens with zero attached hydrogens (tertiary/aromatic N) is 2. The first-order valence-electron chi connectivity index (χ1n) is 7.85. The van der Waals surface area contributed by atoms with Crippen molar-refractivity contribution in [3.05, 3.63) is 68.7 Å². The second kappa shape index (κ2) is 7.76. The highest BCUT2D eigenvalue weighted by molar-refractivity contribution is 9.10. The first kappa shape index (κ1) is 20.7. The molecule has 148 valence electrons. The molecule has 28 heavy (non-hydrogen) atoms. The van der Waals surface area contributed by atoms with Gasteiger partial charge in [-0.3, -0.25) is 0 Å². The molecule has 1 atom stereocenters. The Hall–Kier alpha value is -2.04. The minimum Gasteiger partial charge on any atom is -0.356 e. The quantitative estimate of drug-likeness (QED) is 0.552. The van der Waals surface area contributed by atoms with Gasteiger partial charge in [0.15, 0.2) is 14.9 Å².